The maximum atomic E-state index is 11.3. The van der Waals surface area contributed by atoms with E-state index in [1.807, 2.05) is 6.26 Å². The fourth-order valence-corrected chi connectivity index (χ4v) is 1.40. The van der Waals surface area contributed by atoms with E-state index in [-0.39, 0.29) is 0 Å². The van der Waals surface area contributed by atoms with E-state index < -0.39 is 5.97 Å². The first-order chi connectivity index (χ1) is 6.72. The molecule has 0 amide bonds. The highest BCUT2D eigenvalue weighted by Crippen LogP contribution is 2.12. The summed E-state index contributed by atoms with van der Waals surface area (Å²) in [5, 5.41) is 4.14. The van der Waals surface area contributed by atoms with Crippen molar-refractivity contribution in [1.82, 2.24) is 9.19 Å². The van der Waals surface area contributed by atoms with Gasteiger partial charge in [0.1, 0.15) is 11.3 Å². The lowest BCUT2D eigenvalue weighted by Gasteiger charge is -1.97. The smallest absolute Gasteiger partial charge is 0.341 e. The van der Waals surface area contributed by atoms with Gasteiger partial charge in [-0.3, -0.25) is 0 Å². The Morgan fingerprint density at radius 1 is 1.64 bits per heavy atom. The zero-order chi connectivity index (χ0) is 10.6. The summed E-state index contributed by atoms with van der Waals surface area (Å²) in [7, 11) is 2.90. The number of ether oxygens (including phenoxy) is 2. The minimum Gasteiger partial charge on any atom is -0.465 e. The van der Waals surface area contributed by atoms with Crippen LogP contribution in [0.1, 0.15) is 16.1 Å². The maximum absolute atomic E-state index is 11.3. The molecule has 0 aromatic carbocycles. The second kappa shape index (κ2) is 5.02. The number of carbonyl (C=O) groups is 1. The van der Waals surface area contributed by atoms with Crippen LogP contribution in [0.3, 0.4) is 0 Å². The van der Waals surface area contributed by atoms with Crippen LogP contribution in [0.15, 0.2) is 6.20 Å². The molecule has 1 aromatic heterocycles. The van der Waals surface area contributed by atoms with Gasteiger partial charge in [0, 0.05) is 13.4 Å². The normalized spacial score (nSPS) is 10.2. The maximum Gasteiger partial charge on any atom is 0.341 e. The van der Waals surface area contributed by atoms with Gasteiger partial charge >= 0.3 is 5.97 Å². The van der Waals surface area contributed by atoms with Gasteiger partial charge in [-0.05, 0) is 11.9 Å². The fraction of sp³-hybridized carbons (Fsp3) is 0.500. The molecule has 0 fully saturated rings. The summed E-state index contributed by atoms with van der Waals surface area (Å²) in [6, 6.07) is 0. The van der Waals surface area contributed by atoms with Crippen molar-refractivity contribution in [2.24, 2.45) is 0 Å². The number of carbonyl (C=O) groups excluding carboxylic acids is 1. The predicted octanol–water partition coefficient (Wildman–Crippen LogP) is 0.942. The number of nitrogens with zero attached hydrogens (tertiary/aromatic N) is 2. The molecule has 1 rings (SSSR count). The second-order valence-electron chi connectivity index (χ2n) is 2.50. The van der Waals surface area contributed by atoms with Crippen molar-refractivity contribution in [1.29, 1.82) is 0 Å². The van der Waals surface area contributed by atoms with E-state index in [0.717, 1.165) is 0 Å². The fourth-order valence-electron chi connectivity index (χ4n) is 1.00. The van der Waals surface area contributed by atoms with Crippen molar-refractivity contribution >= 4 is 17.9 Å². The topological polar surface area (TPSA) is 53.4 Å². The van der Waals surface area contributed by atoms with Gasteiger partial charge in [-0.15, -0.1) is 0 Å². The van der Waals surface area contributed by atoms with Gasteiger partial charge in [0.15, 0.2) is 0 Å². The quantitative estimate of drug-likeness (QED) is 0.701. The van der Waals surface area contributed by atoms with Crippen molar-refractivity contribution in [3.05, 3.63) is 17.5 Å². The van der Waals surface area contributed by atoms with Crippen LogP contribution in [0.5, 0.6) is 0 Å². The number of hydrogen-bond donors (Lipinski definition) is 0. The van der Waals surface area contributed by atoms with E-state index in [1.165, 1.54) is 19.1 Å². The Balaban J connectivity index is 2.99. The molecule has 6 heteroatoms. The number of hydrogen-bond acceptors (Lipinski definition) is 5. The van der Waals surface area contributed by atoms with E-state index in [2.05, 4.69) is 9.84 Å². The lowest BCUT2D eigenvalue weighted by Crippen LogP contribution is -2.04. The first kappa shape index (κ1) is 11.1. The van der Waals surface area contributed by atoms with Crippen molar-refractivity contribution in [3.63, 3.8) is 0 Å². The minimum atomic E-state index is -0.391. The molecular weight excluding hydrogens is 204 g/mol. The van der Waals surface area contributed by atoms with E-state index >= 15 is 0 Å². The van der Waals surface area contributed by atoms with Crippen molar-refractivity contribution in [2.45, 2.75) is 6.61 Å². The predicted molar refractivity (Wildman–Crippen MR) is 53.2 cm³/mol. The van der Waals surface area contributed by atoms with Gasteiger partial charge in [0.2, 0.25) is 0 Å². The highest BCUT2D eigenvalue weighted by Gasteiger charge is 2.16. The SMILES string of the molecule is COCc1nn(SC)cc1C(=O)OC. The molecule has 0 saturated heterocycles. The molecule has 14 heavy (non-hydrogen) atoms. The summed E-state index contributed by atoms with van der Waals surface area (Å²) in [4.78, 5) is 11.3. The van der Waals surface area contributed by atoms with Crippen LogP contribution >= 0.6 is 11.9 Å². The molecule has 0 aliphatic carbocycles. The summed E-state index contributed by atoms with van der Waals surface area (Å²) in [5.41, 5.74) is 1.04. The zero-order valence-electron chi connectivity index (χ0n) is 8.31. The molecule has 0 atom stereocenters. The van der Waals surface area contributed by atoms with Crippen LogP contribution in [0.25, 0.3) is 0 Å². The number of esters is 1. The Bertz CT molecular complexity index is 324. The van der Waals surface area contributed by atoms with Gasteiger partial charge in [-0.2, -0.15) is 5.10 Å². The van der Waals surface area contributed by atoms with Gasteiger partial charge in [-0.1, -0.05) is 0 Å². The third-order valence-electron chi connectivity index (χ3n) is 1.64. The molecule has 0 spiro atoms. The Hall–Kier alpha value is -1.01. The zero-order valence-corrected chi connectivity index (χ0v) is 9.13. The summed E-state index contributed by atoms with van der Waals surface area (Å²) < 4.78 is 11.1. The molecule has 78 valence electrons. The van der Waals surface area contributed by atoms with Crippen molar-refractivity contribution in [2.75, 3.05) is 20.5 Å². The van der Waals surface area contributed by atoms with Gasteiger partial charge in [-0.25, -0.2) is 8.88 Å². The average Bonchev–Trinajstić information content (AvgIpc) is 2.61. The van der Waals surface area contributed by atoms with E-state index in [9.17, 15) is 4.79 Å². The molecule has 5 nitrogen and oxygen atoms in total. The minimum absolute atomic E-state index is 0.304. The van der Waals surface area contributed by atoms with Crippen LogP contribution in [0.4, 0.5) is 0 Å². The summed E-state index contributed by atoms with van der Waals surface area (Å²) >= 11 is 1.40. The number of rotatable bonds is 4. The number of methoxy groups -OCH3 is 2. The van der Waals surface area contributed by atoms with Gasteiger partial charge < -0.3 is 9.47 Å². The lowest BCUT2D eigenvalue weighted by atomic mass is 10.2. The van der Waals surface area contributed by atoms with Gasteiger partial charge in [0.25, 0.3) is 0 Å². The van der Waals surface area contributed by atoms with Crippen LogP contribution in [0.2, 0.25) is 0 Å². The molecule has 1 heterocycles. The molecule has 0 radical (unpaired) electrons. The van der Waals surface area contributed by atoms with Crippen LogP contribution < -0.4 is 0 Å². The standard InChI is InChI=1S/C8H12N2O3S/c1-12-5-7-6(8(11)13-2)4-10(9-7)14-3/h4H,5H2,1-3H3. The van der Waals surface area contributed by atoms with E-state index in [4.69, 9.17) is 4.74 Å². The molecule has 0 bridgehead atoms. The Kier molecular flexibility index (Phi) is 3.97. The third-order valence-corrected chi connectivity index (χ3v) is 2.20. The average molecular weight is 216 g/mol. The Morgan fingerprint density at radius 2 is 2.36 bits per heavy atom. The largest absolute Gasteiger partial charge is 0.465 e. The lowest BCUT2D eigenvalue weighted by molar-refractivity contribution is 0.0596. The molecule has 0 N–H and O–H groups in total. The van der Waals surface area contributed by atoms with Crippen LogP contribution in [0, 0.1) is 0 Å². The number of aromatic nitrogens is 2. The summed E-state index contributed by atoms with van der Waals surface area (Å²) in [6.45, 7) is 0.304. The van der Waals surface area contributed by atoms with Crippen LogP contribution in [-0.2, 0) is 16.1 Å². The third kappa shape index (κ3) is 2.27. The summed E-state index contributed by atoms with van der Waals surface area (Å²) in [5.74, 6) is -0.391. The first-order valence-corrected chi connectivity index (χ1v) is 5.11. The van der Waals surface area contributed by atoms with Gasteiger partial charge in [0.05, 0.1) is 19.9 Å². The summed E-state index contributed by atoms with van der Waals surface area (Å²) in [6.07, 6.45) is 3.50. The van der Waals surface area contributed by atoms with Crippen LogP contribution in [-0.4, -0.2) is 35.6 Å². The molecule has 0 unspecified atom stereocenters. The molecular formula is C8H12N2O3S. The Labute approximate surface area is 86.5 Å². The molecule has 1 aromatic rings. The van der Waals surface area contributed by atoms with E-state index in [1.54, 1.807) is 17.4 Å². The highest BCUT2D eigenvalue weighted by molar-refractivity contribution is 7.97. The highest BCUT2D eigenvalue weighted by atomic mass is 32.2. The molecule has 0 aliphatic rings. The first-order valence-electron chi connectivity index (χ1n) is 3.93. The monoisotopic (exact) mass is 216 g/mol. The molecule has 0 aliphatic heterocycles. The van der Waals surface area contributed by atoms with Crippen molar-refractivity contribution < 1.29 is 14.3 Å². The molecule has 0 saturated carbocycles. The second-order valence-corrected chi connectivity index (χ2v) is 3.24. The Morgan fingerprint density at radius 3 is 2.86 bits per heavy atom. The van der Waals surface area contributed by atoms with Crippen molar-refractivity contribution in [3.8, 4) is 0 Å². The van der Waals surface area contributed by atoms with E-state index in [0.29, 0.717) is 17.9 Å².